The van der Waals surface area contributed by atoms with E-state index >= 15 is 0 Å². The van der Waals surface area contributed by atoms with E-state index in [-0.39, 0.29) is 23.7 Å². The zero-order valence-electron chi connectivity index (χ0n) is 12.5. The Labute approximate surface area is 135 Å². The number of Topliss-reactive ketones (excluding diaryl/α,β-unsaturated/α-hetero) is 1. The first-order valence-corrected chi connectivity index (χ1v) is 8.86. The van der Waals surface area contributed by atoms with E-state index in [1.807, 2.05) is 24.3 Å². The number of ketones is 1. The molecule has 1 aliphatic carbocycles. The molecule has 0 aromatic heterocycles. The van der Waals surface area contributed by atoms with Crippen molar-refractivity contribution in [1.82, 2.24) is 5.32 Å². The summed E-state index contributed by atoms with van der Waals surface area (Å²) in [5, 5.41) is 2.91. The molecule has 1 unspecified atom stereocenters. The number of amides is 1. The Bertz CT molecular complexity index is 533. The Hall–Kier alpha value is -1.33. The van der Waals surface area contributed by atoms with Crippen LogP contribution in [-0.4, -0.2) is 36.7 Å². The predicted octanol–water partition coefficient (Wildman–Crippen LogP) is 2.67. The first-order chi connectivity index (χ1) is 10.7. The Kier molecular flexibility index (Phi) is 5.16. The highest BCUT2D eigenvalue weighted by atomic mass is 32.2. The smallest absolute Gasteiger partial charge is 0.230 e. The number of hydrogen-bond acceptors (Lipinski definition) is 4. The number of thioether (sulfide) groups is 1. The van der Waals surface area contributed by atoms with Crippen LogP contribution in [0.5, 0.6) is 0 Å². The van der Waals surface area contributed by atoms with Crippen molar-refractivity contribution < 1.29 is 14.3 Å². The van der Waals surface area contributed by atoms with Gasteiger partial charge in [0.2, 0.25) is 5.91 Å². The van der Waals surface area contributed by atoms with Crippen molar-refractivity contribution >= 4 is 23.5 Å². The average molecular weight is 319 g/mol. The Morgan fingerprint density at radius 3 is 2.59 bits per heavy atom. The van der Waals surface area contributed by atoms with Crippen LogP contribution >= 0.6 is 11.8 Å². The zero-order chi connectivity index (χ0) is 15.4. The van der Waals surface area contributed by atoms with Crippen LogP contribution < -0.4 is 5.32 Å². The molecular weight excluding hydrogens is 298 g/mol. The van der Waals surface area contributed by atoms with Crippen molar-refractivity contribution in [2.24, 2.45) is 5.92 Å². The Morgan fingerprint density at radius 1 is 1.18 bits per heavy atom. The summed E-state index contributed by atoms with van der Waals surface area (Å²) >= 11 is 1.49. The van der Waals surface area contributed by atoms with Crippen molar-refractivity contribution in [3.05, 3.63) is 29.8 Å². The van der Waals surface area contributed by atoms with Gasteiger partial charge < -0.3 is 10.1 Å². The van der Waals surface area contributed by atoms with Crippen molar-refractivity contribution in [2.75, 3.05) is 18.9 Å². The first kappa shape index (κ1) is 15.6. The van der Waals surface area contributed by atoms with E-state index in [1.165, 1.54) is 11.8 Å². The molecule has 2 aliphatic rings. The number of nitrogens with one attached hydrogen (secondary N) is 1. The maximum Gasteiger partial charge on any atom is 0.230 e. The molecule has 22 heavy (non-hydrogen) atoms. The normalized spacial score (nSPS) is 20.8. The quantitative estimate of drug-likeness (QED) is 0.620. The maximum absolute atomic E-state index is 11.9. The maximum atomic E-state index is 11.9. The zero-order valence-corrected chi connectivity index (χ0v) is 13.4. The lowest BCUT2D eigenvalue weighted by Crippen LogP contribution is -2.32. The summed E-state index contributed by atoms with van der Waals surface area (Å²) in [6.45, 7) is 1.41. The van der Waals surface area contributed by atoms with Gasteiger partial charge in [-0.15, -0.1) is 11.8 Å². The second kappa shape index (κ2) is 7.29. The number of rotatable bonds is 7. The van der Waals surface area contributed by atoms with Crippen molar-refractivity contribution in [2.45, 2.75) is 36.7 Å². The predicted molar refractivity (Wildman–Crippen MR) is 86.2 cm³/mol. The number of ether oxygens (including phenoxy) is 1. The van der Waals surface area contributed by atoms with Crippen molar-refractivity contribution in [1.29, 1.82) is 0 Å². The van der Waals surface area contributed by atoms with Gasteiger partial charge >= 0.3 is 0 Å². The van der Waals surface area contributed by atoms with Crippen LogP contribution in [0.15, 0.2) is 29.2 Å². The van der Waals surface area contributed by atoms with Crippen LogP contribution in [0.25, 0.3) is 0 Å². The molecule has 1 saturated carbocycles. The molecule has 1 heterocycles. The molecule has 4 nitrogen and oxygen atoms in total. The van der Waals surface area contributed by atoms with Gasteiger partial charge in [0.05, 0.1) is 11.9 Å². The number of benzene rings is 1. The third kappa shape index (κ3) is 4.34. The van der Waals surface area contributed by atoms with Crippen LogP contribution in [-0.2, 0) is 9.53 Å². The lowest BCUT2D eigenvalue weighted by Gasteiger charge is -2.10. The highest BCUT2D eigenvalue weighted by Gasteiger charge is 2.30. The first-order valence-electron chi connectivity index (χ1n) is 7.88. The van der Waals surface area contributed by atoms with Crippen LogP contribution in [0.1, 0.15) is 36.0 Å². The van der Waals surface area contributed by atoms with Gasteiger partial charge in [-0.05, 0) is 37.8 Å². The van der Waals surface area contributed by atoms with E-state index in [0.717, 1.165) is 42.7 Å². The number of carbonyl (C=O) groups is 2. The molecule has 1 aliphatic heterocycles. The summed E-state index contributed by atoms with van der Waals surface area (Å²) in [5.74, 6) is 0.925. The second-order valence-corrected chi connectivity index (χ2v) is 6.94. The van der Waals surface area contributed by atoms with E-state index in [2.05, 4.69) is 5.32 Å². The molecule has 1 amide bonds. The molecule has 2 fully saturated rings. The fourth-order valence-corrected chi connectivity index (χ4v) is 3.26. The average Bonchev–Trinajstić information content (AvgIpc) is 3.27. The molecule has 3 rings (SSSR count). The monoisotopic (exact) mass is 319 g/mol. The topological polar surface area (TPSA) is 55.4 Å². The van der Waals surface area contributed by atoms with E-state index in [9.17, 15) is 9.59 Å². The Morgan fingerprint density at radius 2 is 1.95 bits per heavy atom. The highest BCUT2D eigenvalue weighted by Crippen LogP contribution is 2.33. The molecule has 1 saturated heterocycles. The fourth-order valence-electron chi connectivity index (χ4n) is 2.53. The molecule has 118 valence electrons. The third-order valence-electron chi connectivity index (χ3n) is 4.01. The van der Waals surface area contributed by atoms with Gasteiger partial charge in [0.25, 0.3) is 0 Å². The van der Waals surface area contributed by atoms with Gasteiger partial charge in [-0.25, -0.2) is 0 Å². The Balaban J connectivity index is 1.40. The molecule has 5 heteroatoms. The molecule has 1 aromatic rings. The van der Waals surface area contributed by atoms with Crippen molar-refractivity contribution in [3.8, 4) is 0 Å². The summed E-state index contributed by atoms with van der Waals surface area (Å²) < 4.78 is 5.47. The van der Waals surface area contributed by atoms with Crippen LogP contribution in [0.4, 0.5) is 0 Å². The third-order valence-corrected chi connectivity index (χ3v) is 5.02. The second-order valence-electron chi connectivity index (χ2n) is 5.89. The molecule has 1 N–H and O–H groups in total. The van der Waals surface area contributed by atoms with Crippen LogP contribution in [0.2, 0.25) is 0 Å². The summed E-state index contributed by atoms with van der Waals surface area (Å²) in [7, 11) is 0. The van der Waals surface area contributed by atoms with E-state index < -0.39 is 0 Å². The van der Waals surface area contributed by atoms with Crippen LogP contribution in [0.3, 0.4) is 0 Å². The largest absolute Gasteiger partial charge is 0.376 e. The molecule has 1 aromatic carbocycles. The van der Waals surface area contributed by atoms with Gasteiger partial charge in [-0.2, -0.15) is 0 Å². The van der Waals surface area contributed by atoms with Gasteiger partial charge in [-0.3, -0.25) is 9.59 Å². The molecule has 1 atom stereocenters. The minimum absolute atomic E-state index is 0.0265. The standard InChI is InChI=1S/C17H21NO3S/c19-16(18-10-14-2-1-9-21-14)11-22-15-7-5-13(6-8-15)17(20)12-3-4-12/h5-8,12,14H,1-4,9-11H2,(H,18,19). The minimum Gasteiger partial charge on any atom is -0.376 e. The molecule has 0 bridgehead atoms. The van der Waals surface area contributed by atoms with Crippen molar-refractivity contribution in [3.63, 3.8) is 0 Å². The summed E-state index contributed by atoms with van der Waals surface area (Å²) in [4.78, 5) is 24.7. The van der Waals surface area contributed by atoms with Gasteiger partial charge in [0, 0.05) is 29.5 Å². The van der Waals surface area contributed by atoms with E-state index in [1.54, 1.807) is 0 Å². The number of hydrogen-bond donors (Lipinski definition) is 1. The van der Waals surface area contributed by atoms with Gasteiger partial charge in [-0.1, -0.05) is 12.1 Å². The molecular formula is C17H21NO3S. The lowest BCUT2D eigenvalue weighted by molar-refractivity contribution is -0.119. The van der Waals surface area contributed by atoms with Gasteiger partial charge in [0.1, 0.15) is 0 Å². The SMILES string of the molecule is O=C(CSc1ccc(C(=O)C2CC2)cc1)NCC1CCCO1. The van der Waals surface area contributed by atoms with E-state index in [4.69, 9.17) is 4.74 Å². The molecule has 0 spiro atoms. The highest BCUT2D eigenvalue weighted by molar-refractivity contribution is 8.00. The van der Waals surface area contributed by atoms with E-state index in [0.29, 0.717) is 12.3 Å². The minimum atomic E-state index is 0.0265. The summed E-state index contributed by atoms with van der Waals surface area (Å²) in [6.07, 6.45) is 4.35. The fraction of sp³-hybridized carbons (Fsp3) is 0.529. The van der Waals surface area contributed by atoms with Crippen LogP contribution in [0, 0.1) is 5.92 Å². The summed E-state index contributed by atoms with van der Waals surface area (Å²) in [5.41, 5.74) is 0.787. The number of carbonyl (C=O) groups excluding carboxylic acids is 2. The summed E-state index contributed by atoms with van der Waals surface area (Å²) in [6, 6.07) is 7.59. The molecule has 0 radical (unpaired) electrons. The van der Waals surface area contributed by atoms with Gasteiger partial charge in [0.15, 0.2) is 5.78 Å². The lowest BCUT2D eigenvalue weighted by atomic mass is 10.1.